The fraction of sp³-hybridized carbons (Fsp3) is 0.429. The molecule has 0 radical (unpaired) electrons. The number of hydrogen-bond acceptors (Lipinski definition) is 5. The Morgan fingerprint density at radius 2 is 2.25 bits per heavy atom. The minimum atomic E-state index is -0.0904. The van der Waals surface area contributed by atoms with E-state index in [0.29, 0.717) is 31.1 Å². The van der Waals surface area contributed by atoms with E-state index in [1.54, 1.807) is 11.8 Å². The highest BCUT2D eigenvalue weighted by Crippen LogP contribution is 2.29. The summed E-state index contributed by atoms with van der Waals surface area (Å²) in [5, 5.41) is 10.9. The molecule has 7 nitrogen and oxygen atoms in total. The zero-order valence-electron chi connectivity index (χ0n) is 16.7. The molecule has 150 valence electrons. The Morgan fingerprint density at radius 3 is 2.93 bits per heavy atom. The number of amides is 1. The first-order chi connectivity index (χ1) is 13.5. The lowest BCUT2D eigenvalue weighted by atomic mass is 9.93. The first kappa shape index (κ1) is 19.9. The quantitative estimate of drug-likeness (QED) is 0.684. The number of hydrogen-bond donors (Lipinski definition) is 2. The van der Waals surface area contributed by atoms with Gasteiger partial charge in [-0.2, -0.15) is 5.10 Å². The maximum absolute atomic E-state index is 11.9. The van der Waals surface area contributed by atoms with Crippen LogP contribution in [-0.4, -0.2) is 35.4 Å². The number of methoxy groups -OCH3 is 1. The van der Waals surface area contributed by atoms with E-state index >= 15 is 0 Å². The third-order valence-corrected chi connectivity index (χ3v) is 4.76. The van der Waals surface area contributed by atoms with Crippen molar-refractivity contribution in [3.63, 3.8) is 0 Å². The average Bonchev–Trinajstić information content (AvgIpc) is 3.11. The van der Waals surface area contributed by atoms with E-state index < -0.39 is 0 Å². The predicted molar refractivity (Wildman–Crippen MR) is 107 cm³/mol. The van der Waals surface area contributed by atoms with Crippen LogP contribution in [0.3, 0.4) is 0 Å². The second kappa shape index (κ2) is 8.93. The lowest BCUT2D eigenvalue weighted by Gasteiger charge is -2.32. The molecule has 2 atom stereocenters. The van der Waals surface area contributed by atoms with Crippen LogP contribution >= 0.6 is 0 Å². The Kier molecular flexibility index (Phi) is 6.36. The second-order valence-corrected chi connectivity index (χ2v) is 7.25. The van der Waals surface area contributed by atoms with Crippen LogP contribution in [-0.2, 0) is 18.4 Å². The molecule has 2 aromatic rings. The maximum Gasteiger partial charge on any atom is 0.220 e. The minimum Gasteiger partial charge on any atom is -0.493 e. The van der Waals surface area contributed by atoms with Gasteiger partial charge in [-0.15, -0.1) is 0 Å². The molecule has 0 unspecified atom stereocenters. The van der Waals surface area contributed by atoms with Crippen LogP contribution in [0.25, 0.3) is 0 Å². The molecule has 1 fully saturated rings. The molecule has 1 aromatic heterocycles. The molecule has 1 aliphatic heterocycles. The molecule has 2 N–H and O–H groups in total. The van der Waals surface area contributed by atoms with Crippen LogP contribution < -0.4 is 20.1 Å². The number of nitrogens with one attached hydrogen (secondary N) is 2. The number of aryl methyl sites for hydroxylation is 1. The molecular formula is C21H28N4O3. The molecule has 7 heteroatoms. The van der Waals surface area contributed by atoms with Gasteiger partial charge in [0.15, 0.2) is 11.5 Å². The Bertz CT molecular complexity index is 846. The lowest BCUT2D eigenvalue weighted by Crippen LogP contribution is -2.48. The zero-order chi connectivity index (χ0) is 20.1. The van der Waals surface area contributed by atoms with Crippen molar-refractivity contribution in [2.24, 2.45) is 7.05 Å². The van der Waals surface area contributed by atoms with Crippen LogP contribution in [0.5, 0.6) is 11.5 Å². The van der Waals surface area contributed by atoms with E-state index in [0.717, 1.165) is 23.1 Å². The Labute approximate surface area is 165 Å². The molecule has 1 aromatic carbocycles. The van der Waals surface area contributed by atoms with Crippen molar-refractivity contribution in [3.05, 3.63) is 53.9 Å². The van der Waals surface area contributed by atoms with Gasteiger partial charge in [-0.05, 0) is 36.6 Å². The molecule has 0 bridgehead atoms. The number of ether oxygens (including phenoxy) is 2. The number of piperidine rings is 1. The fourth-order valence-electron chi connectivity index (χ4n) is 3.33. The van der Waals surface area contributed by atoms with Gasteiger partial charge in [-0.3, -0.25) is 9.48 Å². The highest BCUT2D eigenvalue weighted by atomic mass is 16.5. The number of aromatic nitrogens is 2. The zero-order valence-corrected chi connectivity index (χ0v) is 16.7. The third-order valence-electron chi connectivity index (χ3n) is 4.76. The van der Waals surface area contributed by atoms with Gasteiger partial charge >= 0.3 is 0 Å². The van der Waals surface area contributed by atoms with Crippen molar-refractivity contribution in [2.75, 3.05) is 13.7 Å². The summed E-state index contributed by atoms with van der Waals surface area (Å²) in [6.07, 6.45) is 5.05. The summed E-state index contributed by atoms with van der Waals surface area (Å²) in [4.78, 5) is 11.9. The maximum atomic E-state index is 11.9. The Morgan fingerprint density at radius 1 is 1.43 bits per heavy atom. The minimum absolute atomic E-state index is 0.0758. The van der Waals surface area contributed by atoms with Gasteiger partial charge in [-0.1, -0.05) is 12.6 Å². The Hall–Kier alpha value is -2.80. The molecule has 0 spiro atoms. The van der Waals surface area contributed by atoms with E-state index in [4.69, 9.17) is 9.47 Å². The standard InChI is InChI=1S/C21H28N4O3/c1-14(2)13-28-19-9-15(5-7-18(19)27-4)10-22-17-6-8-20(26)24-21(17)16-11-23-25(3)12-16/h5,7,9,11-12,17,21-22H,1,6,8,10,13H2,2-4H3,(H,24,26)/t17-,21+/m1/s1. The van der Waals surface area contributed by atoms with E-state index in [1.165, 1.54) is 0 Å². The summed E-state index contributed by atoms with van der Waals surface area (Å²) in [5.74, 6) is 1.47. The van der Waals surface area contributed by atoms with E-state index in [2.05, 4.69) is 22.3 Å². The van der Waals surface area contributed by atoms with E-state index in [9.17, 15) is 4.79 Å². The van der Waals surface area contributed by atoms with Crippen molar-refractivity contribution in [1.82, 2.24) is 20.4 Å². The summed E-state index contributed by atoms with van der Waals surface area (Å²) in [7, 11) is 3.50. The third kappa shape index (κ3) is 4.92. The topological polar surface area (TPSA) is 77.4 Å². The first-order valence-corrected chi connectivity index (χ1v) is 9.41. The lowest BCUT2D eigenvalue weighted by molar-refractivity contribution is -0.123. The normalized spacial score (nSPS) is 19.2. The molecule has 0 aliphatic carbocycles. The Balaban J connectivity index is 1.70. The van der Waals surface area contributed by atoms with Gasteiger partial charge in [0.05, 0.1) is 19.3 Å². The van der Waals surface area contributed by atoms with Gasteiger partial charge in [0, 0.05) is 37.8 Å². The van der Waals surface area contributed by atoms with Gasteiger partial charge in [0.2, 0.25) is 5.91 Å². The number of nitrogens with zero attached hydrogens (tertiary/aromatic N) is 2. The average molecular weight is 384 g/mol. The van der Waals surface area contributed by atoms with Crippen molar-refractivity contribution in [2.45, 2.75) is 38.4 Å². The highest BCUT2D eigenvalue weighted by Gasteiger charge is 2.30. The van der Waals surface area contributed by atoms with Crippen molar-refractivity contribution in [1.29, 1.82) is 0 Å². The van der Waals surface area contributed by atoms with Crippen molar-refractivity contribution < 1.29 is 14.3 Å². The van der Waals surface area contributed by atoms with Gasteiger partial charge in [-0.25, -0.2) is 0 Å². The monoisotopic (exact) mass is 384 g/mol. The number of carbonyl (C=O) groups is 1. The van der Waals surface area contributed by atoms with Crippen LogP contribution in [0, 0.1) is 0 Å². The predicted octanol–water partition coefficient (Wildman–Crippen LogP) is 2.49. The first-order valence-electron chi connectivity index (χ1n) is 9.41. The SMILES string of the molecule is C=C(C)COc1cc(CN[C@@H]2CCC(=O)N[C@H]2c2cnn(C)c2)ccc1OC. The molecular weight excluding hydrogens is 356 g/mol. The summed E-state index contributed by atoms with van der Waals surface area (Å²) in [6.45, 7) is 6.90. The largest absolute Gasteiger partial charge is 0.493 e. The molecule has 0 saturated carbocycles. The van der Waals surface area contributed by atoms with Gasteiger partial charge in [0.25, 0.3) is 0 Å². The van der Waals surface area contributed by atoms with Crippen LogP contribution in [0.1, 0.15) is 36.9 Å². The number of rotatable bonds is 8. The van der Waals surface area contributed by atoms with Crippen LogP contribution in [0.2, 0.25) is 0 Å². The smallest absolute Gasteiger partial charge is 0.220 e. The molecule has 28 heavy (non-hydrogen) atoms. The molecule has 1 amide bonds. The molecule has 1 saturated heterocycles. The summed E-state index contributed by atoms with van der Waals surface area (Å²) < 4.78 is 12.9. The summed E-state index contributed by atoms with van der Waals surface area (Å²) in [6, 6.07) is 5.94. The molecule has 3 rings (SSSR count). The molecule has 1 aliphatic rings. The van der Waals surface area contributed by atoms with Crippen molar-refractivity contribution in [3.8, 4) is 11.5 Å². The highest BCUT2D eigenvalue weighted by molar-refractivity contribution is 5.77. The molecule has 2 heterocycles. The van der Waals surface area contributed by atoms with Crippen LogP contribution in [0.15, 0.2) is 42.7 Å². The summed E-state index contributed by atoms with van der Waals surface area (Å²) in [5.41, 5.74) is 3.04. The number of carbonyl (C=O) groups excluding carboxylic acids is 1. The second-order valence-electron chi connectivity index (χ2n) is 7.25. The van der Waals surface area contributed by atoms with Gasteiger partial charge < -0.3 is 20.1 Å². The fourth-order valence-corrected chi connectivity index (χ4v) is 3.33. The van der Waals surface area contributed by atoms with Crippen molar-refractivity contribution >= 4 is 5.91 Å². The van der Waals surface area contributed by atoms with E-state index in [1.807, 2.05) is 44.6 Å². The van der Waals surface area contributed by atoms with Crippen LogP contribution in [0.4, 0.5) is 0 Å². The van der Waals surface area contributed by atoms with E-state index in [-0.39, 0.29) is 18.0 Å². The summed E-state index contributed by atoms with van der Waals surface area (Å²) >= 11 is 0. The number of benzene rings is 1. The van der Waals surface area contributed by atoms with Gasteiger partial charge in [0.1, 0.15) is 6.61 Å².